The maximum Gasteiger partial charge on any atom is 0.267 e. The highest BCUT2D eigenvalue weighted by Gasteiger charge is 2.35. The summed E-state index contributed by atoms with van der Waals surface area (Å²) >= 11 is 0. The Morgan fingerprint density at radius 3 is 2.58 bits per heavy atom. The zero-order valence-electron chi connectivity index (χ0n) is 6.97. The van der Waals surface area contributed by atoms with E-state index in [1.54, 1.807) is 6.07 Å². The Morgan fingerprint density at radius 1 is 1.58 bits per heavy atom. The molecule has 0 spiro atoms. The van der Waals surface area contributed by atoms with Crippen molar-refractivity contribution in [1.82, 2.24) is 5.32 Å². The largest absolute Gasteiger partial charge is 0.467 e. The second-order valence-corrected chi connectivity index (χ2v) is 2.69. The summed E-state index contributed by atoms with van der Waals surface area (Å²) in [7, 11) is 1.48. The summed E-state index contributed by atoms with van der Waals surface area (Å²) in [6.07, 6.45) is 1.38. The number of rotatable bonds is 3. The van der Waals surface area contributed by atoms with Gasteiger partial charge in [0.2, 0.25) is 0 Å². The van der Waals surface area contributed by atoms with Crippen molar-refractivity contribution in [1.29, 1.82) is 0 Å². The van der Waals surface area contributed by atoms with Crippen LogP contribution in [0.5, 0.6) is 0 Å². The van der Waals surface area contributed by atoms with Gasteiger partial charge in [-0.3, -0.25) is 0 Å². The first-order chi connectivity index (χ1) is 5.55. The van der Waals surface area contributed by atoms with E-state index in [1.807, 2.05) is 0 Å². The van der Waals surface area contributed by atoms with Crippen LogP contribution in [0.15, 0.2) is 22.8 Å². The number of hydrogen-bond donors (Lipinski definition) is 1. The average Bonchev–Trinajstić information content (AvgIpc) is 2.38. The molecule has 1 N–H and O–H groups in total. The summed E-state index contributed by atoms with van der Waals surface area (Å²) in [6, 6.07) is 2.07. The predicted molar refractivity (Wildman–Crippen MR) is 41.1 cm³/mol. The molecule has 0 saturated carbocycles. The molecule has 12 heavy (non-hydrogen) atoms. The molecule has 0 amide bonds. The summed E-state index contributed by atoms with van der Waals surface area (Å²) in [5, 5.41) is 2.50. The van der Waals surface area contributed by atoms with Crippen molar-refractivity contribution in [2.24, 2.45) is 0 Å². The second-order valence-electron chi connectivity index (χ2n) is 2.69. The van der Waals surface area contributed by atoms with E-state index in [9.17, 15) is 8.78 Å². The Balaban J connectivity index is 2.84. The Labute approximate surface area is 69.6 Å². The fourth-order valence-electron chi connectivity index (χ4n) is 1.10. The number of halogens is 2. The molecule has 68 valence electrons. The fraction of sp³-hybridized carbons (Fsp3) is 0.500. The molecule has 1 aromatic rings. The summed E-state index contributed by atoms with van der Waals surface area (Å²) < 4.78 is 30.5. The number of nitrogens with one attached hydrogen (secondary N) is 1. The number of hydrogen-bond acceptors (Lipinski definition) is 2. The van der Waals surface area contributed by atoms with Crippen molar-refractivity contribution in [2.75, 3.05) is 7.05 Å². The highest BCUT2D eigenvalue weighted by atomic mass is 19.3. The minimum atomic E-state index is -2.81. The lowest BCUT2D eigenvalue weighted by Gasteiger charge is -2.20. The van der Waals surface area contributed by atoms with Gasteiger partial charge in [0, 0.05) is 6.92 Å². The topological polar surface area (TPSA) is 25.2 Å². The molecule has 1 unspecified atom stereocenters. The molecule has 1 aromatic heterocycles. The van der Waals surface area contributed by atoms with Crippen molar-refractivity contribution in [3.8, 4) is 0 Å². The molecular weight excluding hydrogens is 164 g/mol. The van der Waals surface area contributed by atoms with Gasteiger partial charge in [-0.05, 0) is 19.2 Å². The molecule has 1 atom stereocenters. The third-order valence-corrected chi connectivity index (χ3v) is 1.62. The standard InChI is InChI=1S/C8H11F2NO/c1-8(9,10)7(11-2)6-4-3-5-12-6/h3-5,7,11H,1-2H3. The normalized spacial score (nSPS) is 14.7. The summed E-state index contributed by atoms with van der Waals surface area (Å²) in [4.78, 5) is 0. The van der Waals surface area contributed by atoms with Gasteiger partial charge in [0.05, 0.1) is 6.26 Å². The zero-order chi connectivity index (χ0) is 9.19. The smallest absolute Gasteiger partial charge is 0.267 e. The molecule has 0 aliphatic rings. The van der Waals surface area contributed by atoms with Crippen LogP contribution in [0.2, 0.25) is 0 Å². The minimum absolute atomic E-state index is 0.255. The highest BCUT2D eigenvalue weighted by Crippen LogP contribution is 2.30. The monoisotopic (exact) mass is 175 g/mol. The molecule has 0 radical (unpaired) electrons. The van der Waals surface area contributed by atoms with E-state index >= 15 is 0 Å². The van der Waals surface area contributed by atoms with Crippen LogP contribution < -0.4 is 5.32 Å². The van der Waals surface area contributed by atoms with Crippen LogP contribution in [0.25, 0.3) is 0 Å². The lowest BCUT2D eigenvalue weighted by molar-refractivity contribution is -0.0235. The Kier molecular flexibility index (Phi) is 2.47. The van der Waals surface area contributed by atoms with Crippen molar-refractivity contribution < 1.29 is 13.2 Å². The molecule has 0 saturated heterocycles. The molecule has 0 aromatic carbocycles. The minimum Gasteiger partial charge on any atom is -0.467 e. The Hall–Kier alpha value is -0.900. The highest BCUT2D eigenvalue weighted by molar-refractivity contribution is 5.07. The zero-order valence-corrected chi connectivity index (χ0v) is 6.97. The van der Waals surface area contributed by atoms with Crippen molar-refractivity contribution in [2.45, 2.75) is 18.9 Å². The SMILES string of the molecule is CNC(c1ccco1)C(C)(F)F. The molecule has 0 aliphatic carbocycles. The van der Waals surface area contributed by atoms with Crippen LogP contribution >= 0.6 is 0 Å². The lowest BCUT2D eigenvalue weighted by Crippen LogP contribution is -2.32. The van der Waals surface area contributed by atoms with E-state index in [4.69, 9.17) is 4.42 Å². The molecule has 0 aliphatic heterocycles. The predicted octanol–water partition coefficient (Wildman–Crippen LogP) is 2.20. The average molecular weight is 175 g/mol. The molecule has 2 nitrogen and oxygen atoms in total. The van der Waals surface area contributed by atoms with Crippen molar-refractivity contribution >= 4 is 0 Å². The van der Waals surface area contributed by atoms with Crippen LogP contribution in [0, 0.1) is 0 Å². The maximum atomic E-state index is 12.8. The van der Waals surface area contributed by atoms with Gasteiger partial charge >= 0.3 is 0 Å². The third kappa shape index (κ3) is 1.82. The molecule has 1 heterocycles. The van der Waals surface area contributed by atoms with Gasteiger partial charge in [-0.25, -0.2) is 8.78 Å². The molecule has 0 bridgehead atoms. The van der Waals surface area contributed by atoms with E-state index in [0.717, 1.165) is 6.92 Å². The fourth-order valence-corrected chi connectivity index (χ4v) is 1.10. The van der Waals surface area contributed by atoms with Crippen LogP contribution in [0.4, 0.5) is 8.78 Å². The van der Waals surface area contributed by atoms with E-state index in [0.29, 0.717) is 0 Å². The first-order valence-corrected chi connectivity index (χ1v) is 3.64. The number of alkyl halides is 2. The first-order valence-electron chi connectivity index (χ1n) is 3.64. The Morgan fingerprint density at radius 2 is 2.25 bits per heavy atom. The van der Waals surface area contributed by atoms with Crippen molar-refractivity contribution in [3.05, 3.63) is 24.2 Å². The van der Waals surface area contributed by atoms with Gasteiger partial charge in [0.1, 0.15) is 11.8 Å². The van der Waals surface area contributed by atoms with Gasteiger partial charge in [-0.2, -0.15) is 0 Å². The van der Waals surface area contributed by atoms with Crippen LogP contribution in [-0.4, -0.2) is 13.0 Å². The number of furan rings is 1. The van der Waals surface area contributed by atoms with Gasteiger partial charge in [0.25, 0.3) is 5.92 Å². The van der Waals surface area contributed by atoms with Gasteiger partial charge in [-0.15, -0.1) is 0 Å². The van der Waals surface area contributed by atoms with E-state index in [-0.39, 0.29) is 5.76 Å². The van der Waals surface area contributed by atoms with Gasteiger partial charge in [-0.1, -0.05) is 0 Å². The maximum absolute atomic E-state index is 12.8. The second kappa shape index (κ2) is 3.23. The van der Waals surface area contributed by atoms with Crippen LogP contribution in [0.3, 0.4) is 0 Å². The molecule has 0 fully saturated rings. The molecule has 1 rings (SSSR count). The van der Waals surface area contributed by atoms with Crippen molar-refractivity contribution in [3.63, 3.8) is 0 Å². The van der Waals surface area contributed by atoms with E-state index in [1.165, 1.54) is 19.4 Å². The van der Waals surface area contributed by atoms with E-state index in [2.05, 4.69) is 5.32 Å². The van der Waals surface area contributed by atoms with E-state index < -0.39 is 12.0 Å². The van der Waals surface area contributed by atoms with Crippen LogP contribution in [-0.2, 0) is 0 Å². The molecular formula is C8H11F2NO. The summed E-state index contributed by atoms with van der Waals surface area (Å²) in [5.74, 6) is -2.56. The summed E-state index contributed by atoms with van der Waals surface area (Å²) in [5.41, 5.74) is 0. The first kappa shape index (κ1) is 9.19. The van der Waals surface area contributed by atoms with Gasteiger partial charge in [0.15, 0.2) is 0 Å². The third-order valence-electron chi connectivity index (χ3n) is 1.62. The Bertz CT molecular complexity index is 228. The molecule has 4 heteroatoms. The van der Waals surface area contributed by atoms with Gasteiger partial charge < -0.3 is 9.73 Å². The van der Waals surface area contributed by atoms with Crippen LogP contribution in [0.1, 0.15) is 18.7 Å². The summed E-state index contributed by atoms with van der Waals surface area (Å²) in [6.45, 7) is 0.858. The quantitative estimate of drug-likeness (QED) is 0.761. The lowest BCUT2D eigenvalue weighted by atomic mass is 10.1.